The van der Waals surface area contributed by atoms with Crippen LogP contribution in [-0.4, -0.2) is 5.91 Å². The molecule has 2 rings (SSSR count). The van der Waals surface area contributed by atoms with Crippen LogP contribution in [0.2, 0.25) is 0 Å². The van der Waals surface area contributed by atoms with Gasteiger partial charge in [-0.15, -0.1) is 0 Å². The fraction of sp³-hybridized carbons (Fsp3) is 0.0714. The smallest absolute Gasteiger partial charge is 0.228 e. The van der Waals surface area contributed by atoms with Gasteiger partial charge in [0.05, 0.1) is 6.42 Å². The van der Waals surface area contributed by atoms with Crippen molar-refractivity contribution < 1.29 is 9.18 Å². The summed E-state index contributed by atoms with van der Waals surface area (Å²) < 4.78 is 13.4. The maximum absolute atomic E-state index is 13.4. The third-order valence-electron chi connectivity index (χ3n) is 2.60. The molecule has 6 heteroatoms. The predicted molar refractivity (Wildman–Crippen MR) is 74.0 cm³/mol. The van der Waals surface area contributed by atoms with Gasteiger partial charge in [-0.2, -0.15) is 0 Å². The van der Waals surface area contributed by atoms with E-state index in [2.05, 4.69) is 15.3 Å². The molecule has 2 aromatic carbocycles. The zero-order valence-corrected chi connectivity index (χ0v) is 10.5. The molecule has 2 aromatic rings. The summed E-state index contributed by atoms with van der Waals surface area (Å²) in [6.45, 7) is 0. The molecule has 5 nitrogen and oxygen atoms in total. The fourth-order valence-corrected chi connectivity index (χ4v) is 1.72. The zero-order chi connectivity index (χ0) is 14.4. The molecule has 0 spiro atoms. The van der Waals surface area contributed by atoms with Crippen molar-refractivity contribution in [3.63, 3.8) is 0 Å². The lowest BCUT2D eigenvalue weighted by atomic mass is 10.1. The molecule has 0 heterocycles. The standard InChI is InChI=1S/C14H11FN4O/c15-13-7-2-1-4-10(13)8-14(20)17-11-5-3-6-12(9-11)18-19-16/h1-7,9H,8H2,(H,17,20). The Kier molecular flexibility index (Phi) is 4.32. The van der Waals surface area contributed by atoms with Gasteiger partial charge in [-0.05, 0) is 29.3 Å². The molecule has 0 fully saturated rings. The number of halogens is 1. The monoisotopic (exact) mass is 270 g/mol. The van der Waals surface area contributed by atoms with Crippen LogP contribution in [-0.2, 0) is 11.2 Å². The Morgan fingerprint density at radius 1 is 1.25 bits per heavy atom. The highest BCUT2D eigenvalue weighted by Crippen LogP contribution is 2.18. The quantitative estimate of drug-likeness (QED) is 0.509. The SMILES string of the molecule is [N-]=[N+]=Nc1cccc(NC(=O)Cc2ccccc2F)c1. The number of carbonyl (C=O) groups excluding carboxylic acids is 1. The third kappa shape index (κ3) is 3.57. The Bertz CT molecular complexity index is 680. The van der Waals surface area contributed by atoms with Crippen molar-refractivity contribution in [2.24, 2.45) is 5.11 Å². The lowest BCUT2D eigenvalue weighted by molar-refractivity contribution is -0.115. The molecule has 1 N–H and O–H groups in total. The molecule has 0 aliphatic heterocycles. The lowest BCUT2D eigenvalue weighted by Gasteiger charge is -2.06. The summed E-state index contributed by atoms with van der Waals surface area (Å²) in [6, 6.07) is 12.6. The number of nitrogens with zero attached hydrogens (tertiary/aromatic N) is 3. The van der Waals surface area contributed by atoms with Crippen LogP contribution in [0.15, 0.2) is 53.6 Å². The summed E-state index contributed by atoms with van der Waals surface area (Å²) in [5, 5.41) is 6.07. The van der Waals surface area contributed by atoms with Crippen LogP contribution in [0.1, 0.15) is 5.56 Å². The highest BCUT2D eigenvalue weighted by Gasteiger charge is 2.07. The third-order valence-corrected chi connectivity index (χ3v) is 2.60. The minimum Gasteiger partial charge on any atom is -0.326 e. The minimum absolute atomic E-state index is 0.0571. The van der Waals surface area contributed by atoms with Crippen LogP contribution < -0.4 is 5.32 Å². The molecule has 0 atom stereocenters. The van der Waals surface area contributed by atoms with E-state index in [-0.39, 0.29) is 12.3 Å². The van der Waals surface area contributed by atoms with Crippen molar-refractivity contribution in [1.29, 1.82) is 0 Å². The summed E-state index contributed by atoms with van der Waals surface area (Å²) in [5.41, 5.74) is 9.57. The van der Waals surface area contributed by atoms with E-state index in [0.29, 0.717) is 16.9 Å². The van der Waals surface area contributed by atoms with Crippen LogP contribution in [0.4, 0.5) is 15.8 Å². The second-order valence-corrected chi connectivity index (χ2v) is 4.06. The van der Waals surface area contributed by atoms with E-state index >= 15 is 0 Å². The molecule has 20 heavy (non-hydrogen) atoms. The van der Waals surface area contributed by atoms with E-state index in [1.165, 1.54) is 6.07 Å². The van der Waals surface area contributed by atoms with Crippen molar-refractivity contribution in [2.45, 2.75) is 6.42 Å². The van der Waals surface area contributed by atoms with Crippen molar-refractivity contribution >= 4 is 17.3 Å². The minimum atomic E-state index is -0.412. The van der Waals surface area contributed by atoms with Crippen molar-refractivity contribution in [3.8, 4) is 0 Å². The number of hydrogen-bond donors (Lipinski definition) is 1. The number of nitrogens with one attached hydrogen (secondary N) is 1. The summed E-state index contributed by atoms with van der Waals surface area (Å²) >= 11 is 0. The van der Waals surface area contributed by atoms with Gasteiger partial charge in [0, 0.05) is 16.3 Å². The van der Waals surface area contributed by atoms with E-state index in [0.717, 1.165) is 0 Å². The normalized spacial score (nSPS) is 9.65. The molecule has 0 saturated carbocycles. The van der Waals surface area contributed by atoms with E-state index in [1.54, 1.807) is 42.5 Å². The summed E-state index contributed by atoms with van der Waals surface area (Å²) in [6.07, 6.45) is -0.0571. The van der Waals surface area contributed by atoms with Crippen LogP contribution in [0.5, 0.6) is 0 Å². The maximum Gasteiger partial charge on any atom is 0.228 e. The molecule has 0 radical (unpaired) electrons. The number of anilines is 1. The number of hydrogen-bond acceptors (Lipinski definition) is 2. The second-order valence-electron chi connectivity index (χ2n) is 4.06. The summed E-state index contributed by atoms with van der Waals surface area (Å²) in [5.74, 6) is -0.751. The Morgan fingerprint density at radius 2 is 2.05 bits per heavy atom. The van der Waals surface area contributed by atoms with Crippen molar-refractivity contribution in [3.05, 3.63) is 70.4 Å². The van der Waals surface area contributed by atoms with Gasteiger partial charge in [0.15, 0.2) is 0 Å². The zero-order valence-electron chi connectivity index (χ0n) is 10.5. The van der Waals surface area contributed by atoms with Crippen molar-refractivity contribution in [2.75, 3.05) is 5.32 Å². The predicted octanol–water partition coefficient (Wildman–Crippen LogP) is 3.95. The first-order valence-corrected chi connectivity index (χ1v) is 5.87. The summed E-state index contributed by atoms with van der Waals surface area (Å²) in [4.78, 5) is 14.5. The molecule has 0 aliphatic rings. The Balaban J connectivity index is 2.07. The lowest BCUT2D eigenvalue weighted by Crippen LogP contribution is -2.15. The second kappa shape index (κ2) is 6.36. The summed E-state index contributed by atoms with van der Waals surface area (Å²) in [7, 11) is 0. The number of benzene rings is 2. The first-order chi connectivity index (χ1) is 9.69. The first-order valence-electron chi connectivity index (χ1n) is 5.87. The van der Waals surface area contributed by atoms with E-state index < -0.39 is 5.82 Å². The maximum atomic E-state index is 13.4. The molecule has 0 aliphatic carbocycles. The van der Waals surface area contributed by atoms with E-state index in [4.69, 9.17) is 5.53 Å². The number of amides is 1. The molecule has 0 saturated heterocycles. The van der Waals surface area contributed by atoms with Crippen LogP contribution in [0.3, 0.4) is 0 Å². The van der Waals surface area contributed by atoms with Gasteiger partial charge in [0.1, 0.15) is 5.82 Å². The van der Waals surface area contributed by atoms with E-state index in [1.807, 2.05) is 0 Å². The number of azide groups is 1. The van der Waals surface area contributed by atoms with Crippen LogP contribution in [0.25, 0.3) is 10.4 Å². The Morgan fingerprint density at radius 3 is 2.80 bits per heavy atom. The highest BCUT2D eigenvalue weighted by molar-refractivity contribution is 5.92. The average molecular weight is 270 g/mol. The average Bonchev–Trinajstić information content (AvgIpc) is 2.42. The van der Waals surface area contributed by atoms with Gasteiger partial charge in [0.2, 0.25) is 5.91 Å². The molecule has 0 aromatic heterocycles. The molecule has 1 amide bonds. The van der Waals surface area contributed by atoms with Crippen LogP contribution >= 0.6 is 0 Å². The molecule has 0 unspecified atom stereocenters. The molecular weight excluding hydrogens is 259 g/mol. The Labute approximate surface area is 114 Å². The van der Waals surface area contributed by atoms with Gasteiger partial charge < -0.3 is 5.32 Å². The highest BCUT2D eigenvalue weighted by atomic mass is 19.1. The molecule has 0 bridgehead atoms. The van der Waals surface area contributed by atoms with Gasteiger partial charge in [-0.1, -0.05) is 35.4 Å². The van der Waals surface area contributed by atoms with Crippen molar-refractivity contribution in [1.82, 2.24) is 0 Å². The van der Waals surface area contributed by atoms with Gasteiger partial charge >= 0.3 is 0 Å². The molecule has 100 valence electrons. The Hall–Kier alpha value is -2.85. The van der Waals surface area contributed by atoms with Gasteiger partial charge in [-0.25, -0.2) is 4.39 Å². The largest absolute Gasteiger partial charge is 0.326 e. The van der Waals surface area contributed by atoms with Gasteiger partial charge in [0.25, 0.3) is 0 Å². The van der Waals surface area contributed by atoms with Gasteiger partial charge in [-0.3, -0.25) is 4.79 Å². The van der Waals surface area contributed by atoms with Crippen LogP contribution in [0, 0.1) is 5.82 Å². The number of rotatable bonds is 4. The topological polar surface area (TPSA) is 77.9 Å². The molecular formula is C14H11FN4O. The number of carbonyl (C=O) groups is 1. The fourth-order valence-electron chi connectivity index (χ4n) is 1.72. The first kappa shape index (κ1) is 13.6. The van der Waals surface area contributed by atoms with E-state index in [9.17, 15) is 9.18 Å².